The Bertz CT molecular complexity index is 592. The number of nitrogens with one attached hydrogen (secondary N) is 2. The Morgan fingerprint density at radius 3 is 2.90 bits per heavy atom. The zero-order valence-electron chi connectivity index (χ0n) is 11.5. The van der Waals surface area contributed by atoms with Crippen molar-refractivity contribution in [3.05, 3.63) is 16.0 Å². The summed E-state index contributed by atoms with van der Waals surface area (Å²) in [5, 5.41) is 15.9. The molecule has 2 rings (SSSR count). The largest absolute Gasteiger partial charge is 0.323 e. The molecule has 1 aromatic heterocycles. The van der Waals surface area contributed by atoms with Crippen LogP contribution in [-0.4, -0.2) is 16.9 Å². The standard InChI is InChI=1S/C14H16ClN3OS2/c15-7-3-6-12(19)17-14(20)18-13-10(8-16)9-4-1-2-5-11(9)21-13/h1-7H2,(H2,17,18,19,20). The molecule has 0 atom stereocenters. The number of hydrogen-bond acceptors (Lipinski definition) is 4. The summed E-state index contributed by atoms with van der Waals surface area (Å²) >= 11 is 12.2. The molecule has 0 radical (unpaired) electrons. The summed E-state index contributed by atoms with van der Waals surface area (Å²) < 4.78 is 0. The predicted molar refractivity (Wildman–Crippen MR) is 90.0 cm³/mol. The number of nitriles is 1. The molecular weight excluding hydrogens is 326 g/mol. The van der Waals surface area contributed by atoms with Gasteiger partial charge in [0.15, 0.2) is 5.11 Å². The molecule has 0 bridgehead atoms. The van der Waals surface area contributed by atoms with Gasteiger partial charge in [0, 0.05) is 17.2 Å². The van der Waals surface area contributed by atoms with Crippen LogP contribution < -0.4 is 10.6 Å². The summed E-state index contributed by atoms with van der Waals surface area (Å²) in [6.45, 7) is 0. The van der Waals surface area contributed by atoms with E-state index in [1.807, 2.05) is 0 Å². The zero-order valence-corrected chi connectivity index (χ0v) is 13.9. The summed E-state index contributed by atoms with van der Waals surface area (Å²) in [7, 11) is 0. The molecule has 0 fully saturated rings. The van der Waals surface area contributed by atoms with Gasteiger partial charge in [-0.2, -0.15) is 5.26 Å². The van der Waals surface area contributed by atoms with Crippen molar-refractivity contribution in [1.82, 2.24) is 5.32 Å². The molecular formula is C14H16ClN3OS2. The number of fused-ring (bicyclic) bond motifs is 1. The van der Waals surface area contributed by atoms with Crippen molar-refractivity contribution >= 4 is 51.2 Å². The molecule has 1 aromatic rings. The van der Waals surface area contributed by atoms with Crippen molar-refractivity contribution in [2.24, 2.45) is 0 Å². The van der Waals surface area contributed by atoms with E-state index in [9.17, 15) is 10.1 Å². The van der Waals surface area contributed by atoms with Crippen molar-refractivity contribution in [2.45, 2.75) is 38.5 Å². The minimum Gasteiger partial charge on any atom is -0.323 e. The average molecular weight is 342 g/mol. The number of anilines is 1. The van der Waals surface area contributed by atoms with E-state index in [4.69, 9.17) is 23.8 Å². The number of rotatable bonds is 4. The van der Waals surface area contributed by atoms with Gasteiger partial charge < -0.3 is 10.6 Å². The van der Waals surface area contributed by atoms with Crippen LogP contribution in [0.25, 0.3) is 0 Å². The number of aryl methyl sites for hydroxylation is 1. The molecule has 2 N–H and O–H groups in total. The highest BCUT2D eigenvalue weighted by molar-refractivity contribution is 7.80. The predicted octanol–water partition coefficient (Wildman–Crippen LogP) is 3.33. The lowest BCUT2D eigenvalue weighted by Gasteiger charge is -2.09. The van der Waals surface area contributed by atoms with E-state index in [0.29, 0.717) is 24.3 Å². The molecule has 0 saturated heterocycles. The second-order valence-corrected chi connectivity index (χ2v) is 6.71. The molecule has 1 heterocycles. The van der Waals surface area contributed by atoms with Crippen molar-refractivity contribution in [3.63, 3.8) is 0 Å². The van der Waals surface area contributed by atoms with Crippen molar-refractivity contribution in [3.8, 4) is 6.07 Å². The third-order valence-electron chi connectivity index (χ3n) is 3.30. The van der Waals surface area contributed by atoms with Gasteiger partial charge in [-0.15, -0.1) is 22.9 Å². The van der Waals surface area contributed by atoms with Crippen molar-refractivity contribution in [1.29, 1.82) is 5.26 Å². The summed E-state index contributed by atoms with van der Waals surface area (Å²) in [6.07, 6.45) is 5.22. The van der Waals surface area contributed by atoms with E-state index in [2.05, 4.69) is 16.7 Å². The maximum Gasteiger partial charge on any atom is 0.226 e. The molecule has 0 spiro atoms. The second-order valence-electron chi connectivity index (χ2n) is 4.82. The highest BCUT2D eigenvalue weighted by atomic mass is 35.5. The smallest absolute Gasteiger partial charge is 0.226 e. The fourth-order valence-electron chi connectivity index (χ4n) is 2.32. The van der Waals surface area contributed by atoms with Gasteiger partial charge in [0.1, 0.15) is 11.1 Å². The molecule has 1 aliphatic rings. The Kier molecular flexibility index (Phi) is 5.97. The molecule has 1 amide bonds. The van der Waals surface area contributed by atoms with Gasteiger partial charge in [0.25, 0.3) is 0 Å². The molecule has 0 unspecified atom stereocenters. The highest BCUT2D eigenvalue weighted by Crippen LogP contribution is 2.37. The number of thiophene rings is 1. The van der Waals surface area contributed by atoms with Gasteiger partial charge in [0.2, 0.25) is 5.91 Å². The first kappa shape index (κ1) is 16.2. The number of alkyl halides is 1. The van der Waals surface area contributed by atoms with E-state index in [0.717, 1.165) is 36.2 Å². The monoisotopic (exact) mass is 341 g/mol. The molecule has 21 heavy (non-hydrogen) atoms. The lowest BCUT2D eigenvalue weighted by molar-refractivity contribution is -0.119. The van der Waals surface area contributed by atoms with E-state index in [-0.39, 0.29) is 11.0 Å². The lowest BCUT2D eigenvalue weighted by Crippen LogP contribution is -2.33. The normalized spacial score (nSPS) is 13.1. The molecule has 0 aliphatic heterocycles. The fourth-order valence-corrected chi connectivity index (χ4v) is 3.98. The topological polar surface area (TPSA) is 64.9 Å². The van der Waals surface area contributed by atoms with Crippen LogP contribution in [0.4, 0.5) is 5.00 Å². The first-order valence-corrected chi connectivity index (χ1v) is 8.63. The first-order chi connectivity index (χ1) is 10.2. The third kappa shape index (κ3) is 4.16. The number of halogens is 1. The van der Waals surface area contributed by atoms with E-state index in [1.165, 1.54) is 4.88 Å². The Morgan fingerprint density at radius 1 is 1.43 bits per heavy atom. The maximum absolute atomic E-state index is 11.6. The molecule has 7 heteroatoms. The number of hydrogen-bond donors (Lipinski definition) is 2. The van der Waals surface area contributed by atoms with Crippen LogP contribution in [0.1, 0.15) is 41.7 Å². The van der Waals surface area contributed by atoms with E-state index in [1.54, 1.807) is 11.3 Å². The Morgan fingerprint density at radius 2 is 2.19 bits per heavy atom. The minimum absolute atomic E-state index is 0.159. The average Bonchev–Trinajstić information content (AvgIpc) is 2.81. The first-order valence-electron chi connectivity index (χ1n) is 6.87. The van der Waals surface area contributed by atoms with Gasteiger partial charge >= 0.3 is 0 Å². The summed E-state index contributed by atoms with van der Waals surface area (Å²) in [5.41, 5.74) is 1.82. The zero-order chi connectivity index (χ0) is 15.2. The van der Waals surface area contributed by atoms with Crippen molar-refractivity contribution < 1.29 is 4.79 Å². The Balaban J connectivity index is 2.03. The van der Waals surface area contributed by atoms with Gasteiger partial charge in [-0.25, -0.2) is 0 Å². The molecule has 4 nitrogen and oxygen atoms in total. The summed E-state index contributed by atoms with van der Waals surface area (Å²) in [5.74, 6) is 0.289. The molecule has 0 aromatic carbocycles. The number of carbonyl (C=O) groups excluding carboxylic acids is 1. The van der Waals surface area contributed by atoms with Crippen LogP contribution >= 0.6 is 35.2 Å². The SMILES string of the molecule is N#Cc1c(NC(=S)NC(=O)CCCCl)sc2c1CCCC2. The number of thiocarbonyl (C=S) groups is 1. The minimum atomic E-state index is -0.159. The van der Waals surface area contributed by atoms with E-state index < -0.39 is 0 Å². The fraction of sp³-hybridized carbons (Fsp3) is 0.500. The molecule has 0 saturated carbocycles. The second kappa shape index (κ2) is 7.74. The van der Waals surface area contributed by atoms with Crippen LogP contribution in [0.3, 0.4) is 0 Å². The number of carbonyl (C=O) groups is 1. The van der Waals surface area contributed by atoms with Crippen LogP contribution in [0.5, 0.6) is 0 Å². The van der Waals surface area contributed by atoms with Crippen LogP contribution in [-0.2, 0) is 17.6 Å². The van der Waals surface area contributed by atoms with Crippen LogP contribution in [0, 0.1) is 11.3 Å². The van der Waals surface area contributed by atoms with Gasteiger partial charge in [-0.1, -0.05) is 0 Å². The van der Waals surface area contributed by atoms with Gasteiger partial charge in [0.05, 0.1) is 5.56 Å². The summed E-state index contributed by atoms with van der Waals surface area (Å²) in [6, 6.07) is 2.25. The Hall–Kier alpha value is -1.16. The van der Waals surface area contributed by atoms with Gasteiger partial charge in [-0.3, -0.25) is 4.79 Å². The van der Waals surface area contributed by atoms with Crippen LogP contribution in [0.15, 0.2) is 0 Å². The van der Waals surface area contributed by atoms with Crippen molar-refractivity contribution in [2.75, 3.05) is 11.2 Å². The number of amides is 1. The lowest BCUT2D eigenvalue weighted by atomic mass is 9.96. The maximum atomic E-state index is 11.6. The third-order valence-corrected chi connectivity index (χ3v) is 4.98. The quantitative estimate of drug-likeness (QED) is 0.651. The van der Waals surface area contributed by atoms with E-state index >= 15 is 0 Å². The van der Waals surface area contributed by atoms with Gasteiger partial charge in [-0.05, 0) is 49.9 Å². The Labute approximate surface area is 138 Å². The molecule has 112 valence electrons. The highest BCUT2D eigenvalue weighted by Gasteiger charge is 2.21. The number of nitrogens with zero attached hydrogens (tertiary/aromatic N) is 1. The summed E-state index contributed by atoms with van der Waals surface area (Å²) in [4.78, 5) is 12.9. The van der Waals surface area contributed by atoms with Crippen LogP contribution in [0.2, 0.25) is 0 Å². The molecule has 1 aliphatic carbocycles.